The molecule has 0 amide bonds. The number of hydrogen-bond acceptors (Lipinski definition) is 12. The van der Waals surface area contributed by atoms with Crippen LogP contribution in [0.1, 0.15) is 68.9 Å². The van der Waals surface area contributed by atoms with Crippen molar-refractivity contribution in [2.75, 3.05) is 20.8 Å². The van der Waals surface area contributed by atoms with E-state index in [1.165, 1.54) is 20.5 Å². The van der Waals surface area contributed by atoms with Crippen molar-refractivity contribution in [1.29, 1.82) is 0 Å². The molecule has 4 heterocycles. The molecule has 3 atom stereocenters. The number of methoxy groups -OCH3 is 2. The Kier molecular flexibility index (Phi) is 8.53. The Bertz CT molecular complexity index is 1320. The monoisotopic (exact) mass is 547 g/mol. The molecular formula is C24H33N7O6S. The van der Waals surface area contributed by atoms with Crippen LogP contribution < -0.4 is 9.47 Å². The summed E-state index contributed by atoms with van der Waals surface area (Å²) in [5, 5.41) is 7.61. The maximum Gasteiger partial charge on any atom is 0.245 e. The van der Waals surface area contributed by atoms with Gasteiger partial charge in [0.1, 0.15) is 24.3 Å². The maximum atomic E-state index is 13.8. The first-order valence-electron chi connectivity index (χ1n) is 12.3. The van der Waals surface area contributed by atoms with E-state index in [0.29, 0.717) is 30.4 Å². The fourth-order valence-corrected chi connectivity index (χ4v) is 5.59. The van der Waals surface area contributed by atoms with Crippen LogP contribution >= 0.6 is 0 Å². The Morgan fingerprint density at radius 3 is 2.26 bits per heavy atom. The van der Waals surface area contributed by atoms with Gasteiger partial charge in [-0.1, -0.05) is 0 Å². The number of hydrogen-bond donors (Lipinski definition) is 0. The summed E-state index contributed by atoms with van der Waals surface area (Å²) < 4.78 is 52.1. The molecule has 13 nitrogen and oxygen atoms in total. The van der Waals surface area contributed by atoms with Gasteiger partial charge in [0.25, 0.3) is 0 Å². The molecule has 1 aliphatic rings. The van der Waals surface area contributed by atoms with Crippen molar-refractivity contribution in [2.24, 2.45) is 0 Å². The average molecular weight is 548 g/mol. The minimum absolute atomic E-state index is 0.141. The van der Waals surface area contributed by atoms with Crippen molar-refractivity contribution in [3.05, 3.63) is 41.8 Å². The predicted octanol–water partition coefficient (Wildman–Crippen LogP) is 2.49. The van der Waals surface area contributed by atoms with Gasteiger partial charge in [-0.2, -0.15) is 9.97 Å². The van der Waals surface area contributed by atoms with Gasteiger partial charge in [-0.15, -0.1) is 10.2 Å². The Labute approximate surface area is 221 Å². The van der Waals surface area contributed by atoms with Crippen LogP contribution in [0.5, 0.6) is 11.8 Å². The summed E-state index contributed by atoms with van der Waals surface area (Å²) >= 11 is 0. The smallest absolute Gasteiger partial charge is 0.245 e. The molecule has 1 fully saturated rings. The van der Waals surface area contributed by atoms with E-state index in [1.54, 1.807) is 23.9 Å². The van der Waals surface area contributed by atoms with E-state index in [4.69, 9.17) is 18.9 Å². The fraction of sp³-hybridized carbons (Fsp3) is 0.583. The number of ether oxygens (including phenoxy) is 4. The highest BCUT2D eigenvalue weighted by molar-refractivity contribution is 7.91. The van der Waals surface area contributed by atoms with Crippen molar-refractivity contribution >= 4 is 9.84 Å². The highest BCUT2D eigenvalue weighted by Gasteiger charge is 2.37. The summed E-state index contributed by atoms with van der Waals surface area (Å²) in [4.78, 5) is 17.1. The molecule has 0 unspecified atom stereocenters. The Morgan fingerprint density at radius 2 is 1.71 bits per heavy atom. The van der Waals surface area contributed by atoms with Crippen LogP contribution in [0.4, 0.5) is 0 Å². The lowest BCUT2D eigenvalue weighted by Crippen LogP contribution is -2.32. The first-order valence-corrected chi connectivity index (χ1v) is 14.0. The molecule has 38 heavy (non-hydrogen) atoms. The maximum absolute atomic E-state index is 13.8. The second-order valence-corrected chi connectivity index (χ2v) is 11.6. The van der Waals surface area contributed by atoms with Crippen molar-refractivity contribution < 1.29 is 27.4 Å². The third kappa shape index (κ3) is 5.76. The van der Waals surface area contributed by atoms with E-state index < -0.39 is 26.9 Å². The molecule has 1 saturated heterocycles. The normalized spacial score (nSPS) is 17.5. The lowest BCUT2D eigenvalue weighted by molar-refractivity contribution is 0.00140. The Balaban J connectivity index is 1.78. The zero-order chi connectivity index (χ0) is 27.4. The van der Waals surface area contributed by atoms with Gasteiger partial charge in [0, 0.05) is 19.0 Å². The van der Waals surface area contributed by atoms with Crippen LogP contribution in [0.25, 0.3) is 5.69 Å². The predicted molar refractivity (Wildman–Crippen MR) is 136 cm³/mol. The fourth-order valence-electron chi connectivity index (χ4n) is 4.22. The molecule has 3 aromatic rings. The summed E-state index contributed by atoms with van der Waals surface area (Å²) in [6.45, 7) is 7.67. The van der Waals surface area contributed by atoms with Crippen molar-refractivity contribution in [3.63, 3.8) is 0 Å². The van der Waals surface area contributed by atoms with Crippen molar-refractivity contribution in [1.82, 2.24) is 34.7 Å². The number of aryl methyl sites for hydroxylation is 1. The average Bonchev–Trinajstić information content (AvgIpc) is 3.56. The molecule has 0 aliphatic carbocycles. The van der Waals surface area contributed by atoms with Gasteiger partial charge in [0.05, 0.1) is 25.6 Å². The zero-order valence-electron chi connectivity index (χ0n) is 22.4. The van der Waals surface area contributed by atoms with Crippen LogP contribution in [-0.2, 0) is 25.1 Å². The number of sulfone groups is 1. The minimum atomic E-state index is -3.89. The lowest BCUT2D eigenvalue weighted by Gasteiger charge is -2.25. The minimum Gasteiger partial charge on any atom is -0.479 e. The molecule has 0 radical (unpaired) electrons. The van der Waals surface area contributed by atoms with Crippen LogP contribution in [0.2, 0.25) is 0 Å². The van der Waals surface area contributed by atoms with E-state index in [-0.39, 0.29) is 29.8 Å². The van der Waals surface area contributed by atoms with E-state index in [1.807, 2.05) is 20.8 Å². The lowest BCUT2D eigenvalue weighted by atomic mass is 10.2. The summed E-state index contributed by atoms with van der Waals surface area (Å²) in [7, 11) is -0.981. The van der Waals surface area contributed by atoms with Crippen LogP contribution in [-0.4, -0.2) is 75.3 Å². The van der Waals surface area contributed by atoms with Gasteiger partial charge in [-0.05, 0) is 46.1 Å². The zero-order valence-corrected chi connectivity index (χ0v) is 23.2. The molecule has 3 aromatic heterocycles. The summed E-state index contributed by atoms with van der Waals surface area (Å²) in [6.07, 6.45) is 4.58. The highest BCUT2D eigenvalue weighted by Crippen LogP contribution is 2.36. The van der Waals surface area contributed by atoms with Gasteiger partial charge in [-0.25, -0.2) is 18.4 Å². The molecule has 0 saturated carbocycles. The third-order valence-corrected chi connectivity index (χ3v) is 8.18. The van der Waals surface area contributed by atoms with Crippen LogP contribution in [0.15, 0.2) is 18.7 Å². The number of nitrogens with zero attached hydrogens (tertiary/aromatic N) is 7. The Morgan fingerprint density at radius 1 is 1.05 bits per heavy atom. The molecule has 14 heteroatoms. The topological polar surface area (TPSA) is 153 Å². The molecular weight excluding hydrogens is 514 g/mol. The first kappa shape index (κ1) is 27.8. The Hall–Kier alpha value is -3.23. The third-order valence-electron chi connectivity index (χ3n) is 6.14. The molecule has 0 bridgehead atoms. The van der Waals surface area contributed by atoms with E-state index in [9.17, 15) is 8.42 Å². The van der Waals surface area contributed by atoms with E-state index >= 15 is 0 Å². The van der Waals surface area contributed by atoms with Crippen molar-refractivity contribution in [3.8, 4) is 17.4 Å². The number of rotatable bonds is 11. The molecule has 1 aliphatic heterocycles. The summed E-state index contributed by atoms with van der Waals surface area (Å²) in [6, 6.07) is 0. The summed E-state index contributed by atoms with van der Waals surface area (Å²) in [5.41, 5.74) is 1.15. The van der Waals surface area contributed by atoms with Gasteiger partial charge in [-0.3, -0.25) is 4.57 Å². The molecule has 0 aromatic carbocycles. The molecule has 206 valence electrons. The van der Waals surface area contributed by atoms with E-state index in [0.717, 1.165) is 12.0 Å². The van der Waals surface area contributed by atoms with Crippen LogP contribution in [0, 0.1) is 6.92 Å². The summed E-state index contributed by atoms with van der Waals surface area (Å²) in [5.74, 6) is 0.749. The quantitative estimate of drug-likeness (QED) is 0.346. The second kappa shape index (κ2) is 11.7. The van der Waals surface area contributed by atoms with Crippen LogP contribution in [0.3, 0.4) is 0 Å². The SMILES string of the molecule is COc1ncnc(OC)c1-n1c(CS(=O)(=O)[C@@H](C)[C@@H](OC(C)C)c2ncc(C)cn2)nnc1[C@H]1CCCO1. The molecule has 4 rings (SSSR count). The van der Waals surface area contributed by atoms with Gasteiger partial charge in [0.15, 0.2) is 33.0 Å². The van der Waals surface area contributed by atoms with E-state index in [2.05, 4.69) is 30.1 Å². The second-order valence-electron chi connectivity index (χ2n) is 9.29. The van der Waals surface area contributed by atoms with Gasteiger partial charge >= 0.3 is 0 Å². The van der Waals surface area contributed by atoms with Gasteiger partial charge < -0.3 is 18.9 Å². The standard InChI is InChI=1S/C24H33N7O6S/c1-14(2)37-20(21-25-10-15(3)11-26-21)16(4)38(32,33)12-18-29-30-22(17-8-7-9-36-17)31(18)19-23(34-5)27-13-28-24(19)35-6/h10-11,13-14,16-17,20H,7-9,12H2,1-6H3/t16-,17+,20+/m0/s1. The highest BCUT2D eigenvalue weighted by atomic mass is 32.2. The first-order chi connectivity index (χ1) is 18.2. The number of aromatic nitrogens is 7. The van der Waals surface area contributed by atoms with Gasteiger partial charge in [0.2, 0.25) is 11.8 Å². The van der Waals surface area contributed by atoms with Crippen molar-refractivity contribution in [2.45, 2.75) is 69.9 Å². The molecule has 0 N–H and O–H groups in total. The largest absolute Gasteiger partial charge is 0.479 e. The molecule has 0 spiro atoms.